The Hall–Kier alpha value is -3.26. The molecular formula is C24H26N2O5S. The predicted octanol–water partition coefficient (Wildman–Crippen LogP) is 4.05. The molecule has 0 radical (unpaired) electrons. The van der Waals surface area contributed by atoms with Crippen LogP contribution in [0.2, 0.25) is 0 Å². The first kappa shape index (κ1) is 23.4. The van der Waals surface area contributed by atoms with Crippen LogP contribution in [0.25, 0.3) is 6.08 Å². The number of carbonyl (C=O) groups is 3. The number of benzene rings is 2. The molecular weight excluding hydrogens is 428 g/mol. The Kier molecular flexibility index (Phi) is 7.94. The Morgan fingerprint density at radius 2 is 1.81 bits per heavy atom. The first-order valence-electron chi connectivity index (χ1n) is 10.2. The van der Waals surface area contributed by atoms with Crippen LogP contribution in [0.15, 0.2) is 53.4 Å². The average Bonchev–Trinajstić information content (AvgIpc) is 3.06. The second-order valence-electron chi connectivity index (χ2n) is 7.31. The maximum Gasteiger partial charge on any atom is 0.293 e. The number of imide groups is 1. The van der Waals surface area contributed by atoms with E-state index in [9.17, 15) is 14.4 Å². The first-order valence-corrected chi connectivity index (χ1v) is 11.0. The lowest BCUT2D eigenvalue weighted by Crippen LogP contribution is -2.37. The van der Waals surface area contributed by atoms with Crippen molar-refractivity contribution in [3.8, 4) is 11.5 Å². The van der Waals surface area contributed by atoms with Gasteiger partial charge in [-0.2, -0.15) is 0 Å². The van der Waals surface area contributed by atoms with Crippen LogP contribution in [0.5, 0.6) is 11.5 Å². The fourth-order valence-electron chi connectivity index (χ4n) is 3.34. The molecule has 168 valence electrons. The monoisotopic (exact) mass is 454 g/mol. The SMILES string of the molecule is COc1ccc(/C=C2\SC(=O)N(CCNC(=O)C[C@@H](C)c3ccccc3)C2=O)cc1OC. The summed E-state index contributed by atoms with van der Waals surface area (Å²) >= 11 is 0.881. The Balaban J connectivity index is 1.55. The van der Waals surface area contributed by atoms with Crippen molar-refractivity contribution in [1.82, 2.24) is 10.2 Å². The van der Waals surface area contributed by atoms with Crippen molar-refractivity contribution in [2.75, 3.05) is 27.3 Å². The number of hydrogen-bond acceptors (Lipinski definition) is 6. The molecule has 1 heterocycles. The molecule has 0 bridgehead atoms. The molecule has 0 unspecified atom stereocenters. The number of rotatable bonds is 9. The standard InChI is InChI=1S/C24H26N2O5S/c1-16(18-7-5-4-6-8-18)13-22(27)25-11-12-26-23(28)21(32-24(26)29)15-17-9-10-19(30-2)20(14-17)31-3/h4-10,14-16H,11-13H2,1-3H3,(H,25,27)/b21-15-/t16-/m1/s1. The minimum absolute atomic E-state index is 0.0813. The minimum atomic E-state index is -0.373. The van der Waals surface area contributed by atoms with Crippen LogP contribution < -0.4 is 14.8 Å². The lowest BCUT2D eigenvalue weighted by Gasteiger charge is -2.15. The Morgan fingerprint density at radius 3 is 2.50 bits per heavy atom. The van der Waals surface area contributed by atoms with Gasteiger partial charge in [-0.1, -0.05) is 43.3 Å². The van der Waals surface area contributed by atoms with E-state index in [4.69, 9.17) is 9.47 Å². The van der Waals surface area contributed by atoms with Gasteiger partial charge in [0.25, 0.3) is 11.1 Å². The number of ether oxygens (including phenoxy) is 2. The van der Waals surface area contributed by atoms with Crippen molar-refractivity contribution < 1.29 is 23.9 Å². The number of amides is 3. The fourth-order valence-corrected chi connectivity index (χ4v) is 4.21. The minimum Gasteiger partial charge on any atom is -0.493 e. The molecule has 7 nitrogen and oxygen atoms in total. The summed E-state index contributed by atoms with van der Waals surface area (Å²) in [6.07, 6.45) is 1.98. The quantitative estimate of drug-likeness (QED) is 0.576. The van der Waals surface area contributed by atoms with Crippen molar-refractivity contribution in [2.45, 2.75) is 19.3 Å². The molecule has 0 saturated carbocycles. The highest BCUT2D eigenvalue weighted by Gasteiger charge is 2.34. The van der Waals surface area contributed by atoms with E-state index < -0.39 is 0 Å². The summed E-state index contributed by atoms with van der Waals surface area (Å²) in [6, 6.07) is 15.1. The molecule has 32 heavy (non-hydrogen) atoms. The summed E-state index contributed by atoms with van der Waals surface area (Å²) < 4.78 is 10.5. The summed E-state index contributed by atoms with van der Waals surface area (Å²) in [5.41, 5.74) is 1.81. The normalized spacial score (nSPS) is 15.7. The second-order valence-corrected chi connectivity index (χ2v) is 8.31. The molecule has 0 aromatic heterocycles. The van der Waals surface area contributed by atoms with Gasteiger partial charge < -0.3 is 14.8 Å². The third kappa shape index (κ3) is 5.70. The van der Waals surface area contributed by atoms with Gasteiger partial charge in [0.05, 0.1) is 19.1 Å². The van der Waals surface area contributed by atoms with Crippen LogP contribution in [0.3, 0.4) is 0 Å². The highest BCUT2D eigenvalue weighted by molar-refractivity contribution is 8.18. The van der Waals surface area contributed by atoms with Crippen LogP contribution in [0.4, 0.5) is 4.79 Å². The van der Waals surface area contributed by atoms with Gasteiger partial charge in [-0.25, -0.2) is 0 Å². The van der Waals surface area contributed by atoms with Crippen LogP contribution in [0.1, 0.15) is 30.4 Å². The topological polar surface area (TPSA) is 84.9 Å². The van der Waals surface area contributed by atoms with Crippen LogP contribution in [-0.2, 0) is 9.59 Å². The molecule has 0 aliphatic carbocycles. The molecule has 2 aromatic rings. The molecule has 1 aliphatic rings. The van der Waals surface area contributed by atoms with Crippen LogP contribution in [-0.4, -0.2) is 49.3 Å². The van der Waals surface area contributed by atoms with E-state index >= 15 is 0 Å². The van der Waals surface area contributed by atoms with E-state index in [0.29, 0.717) is 22.8 Å². The molecule has 0 spiro atoms. The molecule has 2 aromatic carbocycles. The van der Waals surface area contributed by atoms with E-state index in [1.807, 2.05) is 37.3 Å². The molecule has 1 fully saturated rings. The van der Waals surface area contributed by atoms with E-state index in [1.54, 1.807) is 31.4 Å². The number of hydrogen-bond donors (Lipinski definition) is 1. The van der Waals surface area contributed by atoms with Gasteiger partial charge in [-0.3, -0.25) is 19.3 Å². The number of thioether (sulfide) groups is 1. The zero-order valence-electron chi connectivity index (χ0n) is 18.3. The number of nitrogens with zero attached hydrogens (tertiary/aromatic N) is 1. The van der Waals surface area contributed by atoms with Crippen molar-refractivity contribution in [2.24, 2.45) is 0 Å². The molecule has 3 amide bonds. The highest BCUT2D eigenvalue weighted by atomic mass is 32.2. The lowest BCUT2D eigenvalue weighted by atomic mass is 9.98. The molecule has 3 rings (SSSR count). The Morgan fingerprint density at radius 1 is 1.09 bits per heavy atom. The van der Waals surface area contributed by atoms with E-state index in [-0.39, 0.29) is 36.1 Å². The van der Waals surface area contributed by atoms with Gasteiger partial charge >= 0.3 is 0 Å². The number of carbonyl (C=O) groups excluding carboxylic acids is 3. The summed E-state index contributed by atoms with van der Waals surface area (Å²) in [5, 5.41) is 2.45. The van der Waals surface area contributed by atoms with Gasteiger partial charge in [-0.05, 0) is 47.0 Å². The Labute approximate surface area is 191 Å². The summed E-state index contributed by atoms with van der Waals surface area (Å²) in [6.45, 7) is 2.33. The maximum absolute atomic E-state index is 12.7. The lowest BCUT2D eigenvalue weighted by molar-refractivity contribution is -0.124. The molecule has 8 heteroatoms. The number of methoxy groups -OCH3 is 2. The summed E-state index contributed by atoms with van der Waals surface area (Å²) in [4.78, 5) is 38.7. The summed E-state index contributed by atoms with van der Waals surface area (Å²) in [5.74, 6) is 0.705. The average molecular weight is 455 g/mol. The smallest absolute Gasteiger partial charge is 0.293 e. The first-order chi connectivity index (χ1) is 15.4. The fraction of sp³-hybridized carbons (Fsp3) is 0.292. The van der Waals surface area contributed by atoms with E-state index in [0.717, 1.165) is 27.8 Å². The van der Waals surface area contributed by atoms with Crippen molar-refractivity contribution >= 4 is 34.9 Å². The molecule has 1 atom stereocenters. The molecule has 1 aliphatic heterocycles. The molecule has 1 saturated heterocycles. The van der Waals surface area contributed by atoms with Gasteiger partial charge in [-0.15, -0.1) is 0 Å². The second kappa shape index (κ2) is 10.9. The van der Waals surface area contributed by atoms with Gasteiger partial charge in [0.1, 0.15) is 0 Å². The predicted molar refractivity (Wildman–Crippen MR) is 125 cm³/mol. The largest absolute Gasteiger partial charge is 0.493 e. The van der Waals surface area contributed by atoms with Gasteiger partial charge in [0, 0.05) is 19.5 Å². The third-order valence-electron chi connectivity index (χ3n) is 5.10. The zero-order valence-corrected chi connectivity index (χ0v) is 19.1. The van der Waals surface area contributed by atoms with Crippen molar-refractivity contribution in [1.29, 1.82) is 0 Å². The summed E-state index contributed by atoms with van der Waals surface area (Å²) in [7, 11) is 3.08. The van der Waals surface area contributed by atoms with Crippen LogP contribution >= 0.6 is 11.8 Å². The van der Waals surface area contributed by atoms with Crippen LogP contribution in [0, 0.1) is 0 Å². The van der Waals surface area contributed by atoms with E-state index in [2.05, 4.69) is 5.32 Å². The van der Waals surface area contributed by atoms with E-state index in [1.165, 1.54) is 7.11 Å². The van der Waals surface area contributed by atoms with Crippen molar-refractivity contribution in [3.63, 3.8) is 0 Å². The van der Waals surface area contributed by atoms with Gasteiger partial charge in [0.2, 0.25) is 5.91 Å². The molecule has 1 N–H and O–H groups in total. The maximum atomic E-state index is 12.7. The number of nitrogens with one attached hydrogen (secondary N) is 1. The van der Waals surface area contributed by atoms with Gasteiger partial charge in [0.15, 0.2) is 11.5 Å². The zero-order chi connectivity index (χ0) is 23.1. The van der Waals surface area contributed by atoms with Crippen molar-refractivity contribution in [3.05, 3.63) is 64.6 Å². The highest BCUT2D eigenvalue weighted by Crippen LogP contribution is 2.34. The Bertz CT molecular complexity index is 1020. The third-order valence-corrected chi connectivity index (χ3v) is 6.00.